The first kappa shape index (κ1) is 16.3. The summed E-state index contributed by atoms with van der Waals surface area (Å²) >= 11 is 15.0. The molecule has 0 fully saturated rings. The molecule has 0 spiro atoms. The number of aromatic nitrogens is 2. The third-order valence-electron chi connectivity index (χ3n) is 2.79. The van der Waals surface area contributed by atoms with E-state index in [0.29, 0.717) is 30.9 Å². The summed E-state index contributed by atoms with van der Waals surface area (Å²) in [4.78, 5) is 10.0. The number of rotatable bonds is 5. The molecule has 2 aromatic heterocycles. The highest BCUT2D eigenvalue weighted by atomic mass is 35.5. The van der Waals surface area contributed by atoms with Gasteiger partial charge < -0.3 is 4.42 Å². The van der Waals surface area contributed by atoms with E-state index in [9.17, 15) is 10.1 Å². The number of nitro groups is 1. The predicted octanol–water partition coefficient (Wildman–Crippen LogP) is 5.31. The minimum absolute atomic E-state index is 0.317. The van der Waals surface area contributed by atoms with Gasteiger partial charge >= 0.3 is 5.88 Å². The van der Waals surface area contributed by atoms with Crippen LogP contribution < -0.4 is 0 Å². The van der Waals surface area contributed by atoms with E-state index in [1.54, 1.807) is 18.2 Å². The Morgan fingerprint density at radius 1 is 1.22 bits per heavy atom. The average Bonchev–Trinajstić information content (AvgIpc) is 3.15. The van der Waals surface area contributed by atoms with Crippen LogP contribution in [0.2, 0.25) is 10.0 Å². The lowest BCUT2D eigenvalue weighted by Crippen LogP contribution is -1.84. The van der Waals surface area contributed by atoms with Gasteiger partial charge in [-0.25, -0.2) is 0 Å². The van der Waals surface area contributed by atoms with E-state index >= 15 is 0 Å². The SMILES string of the molecule is O=[N+]([O-])c1ccc(-c2nnc(SCc3c(Cl)cccc3Cl)s2)o1. The molecule has 2 heterocycles. The van der Waals surface area contributed by atoms with Crippen molar-refractivity contribution < 1.29 is 9.34 Å². The lowest BCUT2D eigenvalue weighted by Gasteiger charge is -2.04. The van der Waals surface area contributed by atoms with Gasteiger partial charge in [-0.3, -0.25) is 10.1 Å². The normalized spacial score (nSPS) is 10.9. The molecule has 3 aromatic rings. The summed E-state index contributed by atoms with van der Waals surface area (Å²) in [5, 5.41) is 20.3. The smallest absolute Gasteiger partial charge is 0.398 e. The number of nitrogens with zero attached hydrogens (tertiary/aromatic N) is 3. The maximum absolute atomic E-state index is 10.6. The summed E-state index contributed by atoms with van der Waals surface area (Å²) in [6, 6.07) is 8.12. The van der Waals surface area contributed by atoms with Gasteiger partial charge in [0, 0.05) is 15.8 Å². The molecule has 0 saturated carbocycles. The standard InChI is InChI=1S/C13H7Cl2N3O3S2/c14-8-2-1-3-9(15)7(8)6-22-13-17-16-12(23-13)10-4-5-11(21-10)18(19)20/h1-5H,6H2. The van der Waals surface area contributed by atoms with Gasteiger partial charge in [0.15, 0.2) is 15.1 Å². The Hall–Kier alpha value is -1.61. The zero-order valence-corrected chi connectivity index (χ0v) is 14.4. The van der Waals surface area contributed by atoms with Crippen molar-refractivity contribution in [3.8, 4) is 10.8 Å². The Morgan fingerprint density at radius 3 is 2.61 bits per heavy atom. The average molecular weight is 388 g/mol. The number of benzene rings is 1. The molecule has 0 aliphatic rings. The number of hydrogen-bond acceptors (Lipinski definition) is 7. The minimum atomic E-state index is -0.598. The van der Waals surface area contributed by atoms with Gasteiger partial charge in [0.1, 0.15) is 4.92 Å². The first-order valence-electron chi connectivity index (χ1n) is 6.18. The van der Waals surface area contributed by atoms with Gasteiger partial charge in [-0.2, -0.15) is 0 Å². The van der Waals surface area contributed by atoms with Crippen LogP contribution in [0.4, 0.5) is 5.88 Å². The van der Waals surface area contributed by atoms with Crippen LogP contribution in [0.5, 0.6) is 0 Å². The maximum atomic E-state index is 10.6. The van der Waals surface area contributed by atoms with Crippen molar-refractivity contribution in [3.63, 3.8) is 0 Å². The molecule has 0 aliphatic carbocycles. The highest BCUT2D eigenvalue weighted by Gasteiger charge is 2.17. The Bertz CT molecular complexity index is 846. The van der Waals surface area contributed by atoms with Crippen LogP contribution in [0.3, 0.4) is 0 Å². The Labute approximate surface area is 148 Å². The fourth-order valence-electron chi connectivity index (χ4n) is 1.71. The quantitative estimate of drug-likeness (QED) is 0.335. The van der Waals surface area contributed by atoms with Crippen molar-refractivity contribution in [1.29, 1.82) is 0 Å². The van der Waals surface area contributed by atoms with Crippen molar-refractivity contribution in [1.82, 2.24) is 10.2 Å². The monoisotopic (exact) mass is 387 g/mol. The Kier molecular flexibility index (Phi) is 4.86. The summed E-state index contributed by atoms with van der Waals surface area (Å²) in [5.74, 6) is 0.537. The molecular weight excluding hydrogens is 381 g/mol. The van der Waals surface area contributed by atoms with E-state index in [-0.39, 0.29) is 5.88 Å². The zero-order chi connectivity index (χ0) is 16.4. The molecule has 10 heteroatoms. The van der Waals surface area contributed by atoms with Gasteiger partial charge in [-0.05, 0) is 23.8 Å². The molecule has 0 aliphatic heterocycles. The molecule has 6 nitrogen and oxygen atoms in total. The van der Waals surface area contributed by atoms with Crippen LogP contribution in [0, 0.1) is 10.1 Å². The number of hydrogen-bond donors (Lipinski definition) is 0. The molecule has 118 valence electrons. The van der Waals surface area contributed by atoms with Crippen LogP contribution in [-0.4, -0.2) is 15.1 Å². The Morgan fingerprint density at radius 2 is 1.96 bits per heavy atom. The van der Waals surface area contributed by atoms with Gasteiger partial charge in [-0.15, -0.1) is 10.2 Å². The first-order chi connectivity index (χ1) is 11.0. The van der Waals surface area contributed by atoms with E-state index in [2.05, 4.69) is 10.2 Å². The third-order valence-corrected chi connectivity index (χ3v) is 5.60. The summed E-state index contributed by atoms with van der Waals surface area (Å²) in [6.07, 6.45) is 0. The van der Waals surface area contributed by atoms with Crippen molar-refractivity contribution in [3.05, 3.63) is 56.1 Å². The largest absolute Gasteiger partial charge is 0.433 e. The summed E-state index contributed by atoms with van der Waals surface area (Å²) in [7, 11) is 0. The van der Waals surface area contributed by atoms with E-state index in [1.165, 1.54) is 35.2 Å². The minimum Gasteiger partial charge on any atom is -0.398 e. The second-order valence-corrected chi connectivity index (χ2v) is 7.27. The van der Waals surface area contributed by atoms with Crippen LogP contribution in [0.1, 0.15) is 5.56 Å². The fourth-order valence-corrected chi connectivity index (χ4v) is 4.27. The van der Waals surface area contributed by atoms with Crippen molar-refractivity contribution in [2.24, 2.45) is 0 Å². The molecule has 0 atom stereocenters. The molecular formula is C13H7Cl2N3O3S2. The molecule has 0 N–H and O–H groups in total. The van der Waals surface area contributed by atoms with E-state index in [1.807, 2.05) is 0 Å². The Balaban J connectivity index is 1.73. The van der Waals surface area contributed by atoms with Crippen molar-refractivity contribution in [2.75, 3.05) is 0 Å². The fraction of sp³-hybridized carbons (Fsp3) is 0.0769. The van der Waals surface area contributed by atoms with Gasteiger partial charge in [-0.1, -0.05) is 52.4 Å². The second-order valence-electron chi connectivity index (χ2n) is 4.26. The molecule has 0 amide bonds. The van der Waals surface area contributed by atoms with Crippen LogP contribution in [-0.2, 0) is 5.75 Å². The van der Waals surface area contributed by atoms with Gasteiger partial charge in [0.2, 0.25) is 0 Å². The van der Waals surface area contributed by atoms with Crippen LogP contribution in [0.25, 0.3) is 10.8 Å². The summed E-state index contributed by atoms with van der Waals surface area (Å²) < 4.78 is 5.79. The second kappa shape index (κ2) is 6.88. The zero-order valence-electron chi connectivity index (χ0n) is 11.2. The van der Waals surface area contributed by atoms with Crippen LogP contribution >= 0.6 is 46.3 Å². The molecule has 0 saturated heterocycles. The number of halogens is 2. The maximum Gasteiger partial charge on any atom is 0.433 e. The van der Waals surface area contributed by atoms with Gasteiger partial charge in [0.05, 0.1) is 6.07 Å². The highest BCUT2D eigenvalue weighted by molar-refractivity contribution is 8.00. The topological polar surface area (TPSA) is 82.1 Å². The summed E-state index contributed by atoms with van der Waals surface area (Å²) in [6.45, 7) is 0. The number of thioether (sulfide) groups is 1. The third kappa shape index (κ3) is 3.66. The molecule has 1 aromatic carbocycles. The lowest BCUT2D eigenvalue weighted by molar-refractivity contribution is -0.401. The molecule has 0 radical (unpaired) electrons. The summed E-state index contributed by atoms with van der Waals surface area (Å²) in [5.41, 5.74) is 0.825. The molecule has 3 rings (SSSR count). The molecule has 0 unspecified atom stereocenters. The van der Waals surface area contributed by atoms with Crippen molar-refractivity contribution in [2.45, 2.75) is 10.1 Å². The molecule has 23 heavy (non-hydrogen) atoms. The van der Waals surface area contributed by atoms with Crippen LogP contribution in [0.15, 0.2) is 39.1 Å². The first-order valence-corrected chi connectivity index (χ1v) is 8.74. The number of furan rings is 1. The lowest BCUT2D eigenvalue weighted by atomic mass is 10.2. The van der Waals surface area contributed by atoms with E-state index in [0.717, 1.165) is 5.56 Å². The predicted molar refractivity (Wildman–Crippen MR) is 90.3 cm³/mol. The highest BCUT2D eigenvalue weighted by Crippen LogP contribution is 2.35. The van der Waals surface area contributed by atoms with Crippen molar-refractivity contribution >= 4 is 52.2 Å². The van der Waals surface area contributed by atoms with E-state index < -0.39 is 4.92 Å². The van der Waals surface area contributed by atoms with E-state index in [4.69, 9.17) is 27.6 Å². The van der Waals surface area contributed by atoms with Gasteiger partial charge in [0.25, 0.3) is 0 Å². The molecule has 0 bridgehead atoms.